The van der Waals surface area contributed by atoms with Crippen molar-refractivity contribution in [3.05, 3.63) is 34.1 Å². The number of nitrogens with one attached hydrogen (secondary N) is 1. The molecule has 0 aliphatic heterocycles. The first kappa shape index (κ1) is 12.1. The third-order valence-electron chi connectivity index (χ3n) is 3.06. The van der Waals surface area contributed by atoms with Crippen LogP contribution in [0.15, 0.2) is 22.7 Å². The van der Waals surface area contributed by atoms with E-state index < -0.39 is 0 Å². The number of hydrogen-bond acceptors (Lipinski definition) is 1. The molecule has 0 radical (unpaired) electrons. The molecule has 0 saturated heterocycles. The van der Waals surface area contributed by atoms with Gasteiger partial charge in [-0.15, -0.1) is 0 Å². The van der Waals surface area contributed by atoms with Crippen molar-refractivity contribution in [3.63, 3.8) is 0 Å². The Morgan fingerprint density at radius 3 is 2.81 bits per heavy atom. The van der Waals surface area contributed by atoms with E-state index in [2.05, 4.69) is 28.2 Å². The fraction of sp³-hybridized carbons (Fsp3) is 0.538. The molecular formula is C13H17BrFN. The Morgan fingerprint density at radius 2 is 2.25 bits per heavy atom. The first-order chi connectivity index (χ1) is 7.70. The zero-order valence-corrected chi connectivity index (χ0v) is 11.1. The SMILES string of the molecule is CCNC(CC1CC1)c1ccc(Br)c(F)c1. The van der Waals surface area contributed by atoms with Crippen LogP contribution in [-0.4, -0.2) is 6.54 Å². The van der Waals surface area contributed by atoms with Crippen LogP contribution < -0.4 is 5.32 Å². The van der Waals surface area contributed by atoms with E-state index in [1.165, 1.54) is 12.8 Å². The topological polar surface area (TPSA) is 12.0 Å². The normalized spacial score (nSPS) is 17.4. The molecule has 1 N–H and O–H groups in total. The molecule has 1 fully saturated rings. The van der Waals surface area contributed by atoms with Crippen molar-refractivity contribution < 1.29 is 4.39 Å². The predicted octanol–water partition coefficient (Wildman–Crippen LogP) is 4.04. The average molecular weight is 286 g/mol. The van der Waals surface area contributed by atoms with Gasteiger partial charge in [-0.3, -0.25) is 0 Å². The second-order valence-corrected chi connectivity index (χ2v) is 5.32. The Bertz CT molecular complexity index is 363. The third kappa shape index (κ3) is 3.05. The molecule has 0 amide bonds. The molecule has 1 aromatic rings. The first-order valence-electron chi connectivity index (χ1n) is 5.89. The molecule has 0 heterocycles. The molecule has 88 valence electrons. The summed E-state index contributed by atoms with van der Waals surface area (Å²) in [5.41, 5.74) is 1.06. The van der Waals surface area contributed by atoms with Crippen LogP contribution in [0.2, 0.25) is 0 Å². The summed E-state index contributed by atoms with van der Waals surface area (Å²) in [6, 6.07) is 5.74. The fourth-order valence-corrected chi connectivity index (χ4v) is 2.25. The molecule has 1 atom stereocenters. The minimum atomic E-state index is -0.170. The van der Waals surface area contributed by atoms with Crippen molar-refractivity contribution in [3.8, 4) is 0 Å². The molecule has 1 aliphatic rings. The lowest BCUT2D eigenvalue weighted by molar-refractivity contribution is 0.483. The Labute approximate surface area is 105 Å². The molecule has 1 aromatic carbocycles. The second-order valence-electron chi connectivity index (χ2n) is 4.46. The predicted molar refractivity (Wildman–Crippen MR) is 67.9 cm³/mol. The quantitative estimate of drug-likeness (QED) is 0.861. The van der Waals surface area contributed by atoms with Crippen LogP contribution in [0.5, 0.6) is 0 Å². The zero-order valence-electron chi connectivity index (χ0n) is 9.47. The van der Waals surface area contributed by atoms with Crippen molar-refractivity contribution in [2.45, 2.75) is 32.2 Å². The van der Waals surface area contributed by atoms with Gasteiger partial charge in [0.15, 0.2) is 0 Å². The smallest absolute Gasteiger partial charge is 0.137 e. The summed E-state index contributed by atoms with van der Waals surface area (Å²) in [6.45, 7) is 3.02. The summed E-state index contributed by atoms with van der Waals surface area (Å²) in [7, 11) is 0. The lowest BCUT2D eigenvalue weighted by atomic mass is 10.0. The van der Waals surface area contributed by atoms with Crippen molar-refractivity contribution in [2.75, 3.05) is 6.54 Å². The van der Waals surface area contributed by atoms with Crippen LogP contribution in [0, 0.1) is 11.7 Å². The van der Waals surface area contributed by atoms with Crippen LogP contribution in [0.4, 0.5) is 4.39 Å². The van der Waals surface area contributed by atoms with Crippen LogP contribution in [0.3, 0.4) is 0 Å². The van der Waals surface area contributed by atoms with Gasteiger partial charge in [0.1, 0.15) is 5.82 Å². The Balaban J connectivity index is 2.12. The Morgan fingerprint density at radius 1 is 1.50 bits per heavy atom. The van der Waals surface area contributed by atoms with E-state index in [1.54, 1.807) is 12.1 Å². The van der Waals surface area contributed by atoms with E-state index in [0.717, 1.165) is 24.4 Å². The minimum Gasteiger partial charge on any atom is -0.310 e. The summed E-state index contributed by atoms with van der Waals surface area (Å²) in [6.07, 6.45) is 3.80. The van der Waals surface area contributed by atoms with Gasteiger partial charge in [-0.2, -0.15) is 0 Å². The maximum Gasteiger partial charge on any atom is 0.137 e. The van der Waals surface area contributed by atoms with Crippen LogP contribution in [0.25, 0.3) is 0 Å². The van der Waals surface area contributed by atoms with E-state index in [9.17, 15) is 4.39 Å². The number of benzene rings is 1. The lowest BCUT2D eigenvalue weighted by Crippen LogP contribution is -2.21. The summed E-state index contributed by atoms with van der Waals surface area (Å²) < 4.78 is 14.0. The van der Waals surface area contributed by atoms with Gasteiger partial charge in [-0.1, -0.05) is 25.8 Å². The lowest BCUT2D eigenvalue weighted by Gasteiger charge is -2.18. The van der Waals surface area contributed by atoms with E-state index in [-0.39, 0.29) is 5.82 Å². The molecule has 1 aliphatic carbocycles. The minimum absolute atomic E-state index is 0.170. The molecule has 1 nitrogen and oxygen atoms in total. The van der Waals surface area contributed by atoms with Gasteiger partial charge in [0.25, 0.3) is 0 Å². The van der Waals surface area contributed by atoms with Crippen molar-refractivity contribution in [1.82, 2.24) is 5.32 Å². The molecule has 1 unspecified atom stereocenters. The highest BCUT2D eigenvalue weighted by Gasteiger charge is 2.26. The van der Waals surface area contributed by atoms with Gasteiger partial charge in [0.05, 0.1) is 4.47 Å². The standard InChI is InChI=1S/C13H17BrFN/c1-2-16-13(7-9-3-4-9)10-5-6-11(14)12(15)8-10/h5-6,8-9,13,16H,2-4,7H2,1H3. The number of hydrogen-bond donors (Lipinski definition) is 1. The van der Waals surface area contributed by atoms with Gasteiger partial charge in [-0.05, 0) is 52.5 Å². The molecule has 16 heavy (non-hydrogen) atoms. The number of halogens is 2. The third-order valence-corrected chi connectivity index (χ3v) is 3.71. The fourth-order valence-electron chi connectivity index (χ4n) is 2.00. The molecule has 0 spiro atoms. The largest absolute Gasteiger partial charge is 0.310 e. The van der Waals surface area contributed by atoms with Gasteiger partial charge < -0.3 is 5.32 Å². The van der Waals surface area contributed by atoms with E-state index in [4.69, 9.17) is 0 Å². The molecule has 0 bridgehead atoms. The number of rotatable bonds is 5. The molecular weight excluding hydrogens is 269 g/mol. The van der Waals surface area contributed by atoms with Gasteiger partial charge >= 0.3 is 0 Å². The van der Waals surface area contributed by atoms with Gasteiger partial charge in [0.2, 0.25) is 0 Å². The summed E-state index contributed by atoms with van der Waals surface area (Å²) in [5.74, 6) is 0.673. The van der Waals surface area contributed by atoms with Crippen LogP contribution >= 0.6 is 15.9 Å². The maximum atomic E-state index is 13.5. The highest BCUT2D eigenvalue weighted by Crippen LogP contribution is 2.38. The van der Waals surface area contributed by atoms with Crippen LogP contribution in [-0.2, 0) is 0 Å². The maximum absolute atomic E-state index is 13.5. The first-order valence-corrected chi connectivity index (χ1v) is 6.68. The van der Waals surface area contributed by atoms with Gasteiger partial charge in [-0.25, -0.2) is 4.39 Å². The Hall–Kier alpha value is -0.410. The van der Waals surface area contributed by atoms with Crippen molar-refractivity contribution in [2.24, 2.45) is 5.92 Å². The zero-order chi connectivity index (χ0) is 11.5. The molecule has 2 rings (SSSR count). The van der Waals surface area contributed by atoms with Crippen molar-refractivity contribution >= 4 is 15.9 Å². The van der Waals surface area contributed by atoms with Gasteiger partial charge in [0, 0.05) is 6.04 Å². The molecule has 3 heteroatoms. The second kappa shape index (κ2) is 5.28. The summed E-state index contributed by atoms with van der Waals surface area (Å²) in [4.78, 5) is 0. The Kier molecular flexibility index (Phi) is 3.98. The summed E-state index contributed by atoms with van der Waals surface area (Å²) in [5, 5.41) is 3.43. The monoisotopic (exact) mass is 285 g/mol. The molecule has 1 saturated carbocycles. The summed E-state index contributed by atoms with van der Waals surface area (Å²) >= 11 is 3.19. The van der Waals surface area contributed by atoms with E-state index in [0.29, 0.717) is 10.5 Å². The average Bonchev–Trinajstić information content (AvgIpc) is 3.05. The van der Waals surface area contributed by atoms with E-state index in [1.807, 2.05) is 6.07 Å². The van der Waals surface area contributed by atoms with Crippen LogP contribution in [0.1, 0.15) is 37.8 Å². The van der Waals surface area contributed by atoms with Crippen molar-refractivity contribution in [1.29, 1.82) is 0 Å². The van der Waals surface area contributed by atoms with E-state index >= 15 is 0 Å². The highest BCUT2D eigenvalue weighted by molar-refractivity contribution is 9.10. The highest BCUT2D eigenvalue weighted by atomic mass is 79.9. The molecule has 0 aromatic heterocycles.